The SMILES string of the molecule is CC(O)CCN(C)c1nc2ccccc2cc1CN. The van der Waals surface area contributed by atoms with Crippen LogP contribution in [0.4, 0.5) is 5.82 Å². The molecule has 1 atom stereocenters. The lowest BCUT2D eigenvalue weighted by Gasteiger charge is -2.22. The first-order valence-corrected chi connectivity index (χ1v) is 6.59. The van der Waals surface area contributed by atoms with Crippen LogP contribution in [0.2, 0.25) is 0 Å². The van der Waals surface area contributed by atoms with E-state index >= 15 is 0 Å². The first kappa shape index (κ1) is 13.8. The molecular formula is C15H21N3O. The van der Waals surface area contributed by atoms with Crippen molar-refractivity contribution >= 4 is 16.7 Å². The number of para-hydroxylation sites is 1. The minimum absolute atomic E-state index is 0.302. The van der Waals surface area contributed by atoms with E-state index in [0.717, 1.165) is 35.2 Å². The van der Waals surface area contributed by atoms with Crippen LogP contribution in [0, 0.1) is 0 Å². The molecule has 0 aliphatic carbocycles. The van der Waals surface area contributed by atoms with Crippen molar-refractivity contribution in [3.05, 3.63) is 35.9 Å². The molecule has 19 heavy (non-hydrogen) atoms. The van der Waals surface area contributed by atoms with Gasteiger partial charge in [0.1, 0.15) is 5.82 Å². The highest BCUT2D eigenvalue weighted by Gasteiger charge is 2.10. The van der Waals surface area contributed by atoms with Crippen LogP contribution in [0.1, 0.15) is 18.9 Å². The smallest absolute Gasteiger partial charge is 0.133 e. The Morgan fingerprint density at radius 2 is 2.11 bits per heavy atom. The maximum Gasteiger partial charge on any atom is 0.133 e. The second-order valence-electron chi connectivity index (χ2n) is 4.93. The maximum absolute atomic E-state index is 9.37. The van der Waals surface area contributed by atoms with Gasteiger partial charge >= 0.3 is 0 Å². The molecule has 0 aliphatic rings. The molecule has 0 saturated carbocycles. The zero-order chi connectivity index (χ0) is 13.8. The Bertz CT molecular complexity index is 554. The van der Waals surface area contributed by atoms with Crippen LogP contribution in [0.3, 0.4) is 0 Å². The Morgan fingerprint density at radius 1 is 1.37 bits per heavy atom. The van der Waals surface area contributed by atoms with Gasteiger partial charge in [-0.3, -0.25) is 0 Å². The van der Waals surface area contributed by atoms with Crippen molar-refractivity contribution in [1.29, 1.82) is 0 Å². The third-order valence-electron chi connectivity index (χ3n) is 3.24. The second-order valence-corrected chi connectivity index (χ2v) is 4.93. The number of nitrogens with two attached hydrogens (primary N) is 1. The summed E-state index contributed by atoms with van der Waals surface area (Å²) in [4.78, 5) is 6.75. The number of benzene rings is 1. The quantitative estimate of drug-likeness (QED) is 0.861. The molecule has 1 aromatic heterocycles. The molecule has 2 aromatic rings. The van der Waals surface area contributed by atoms with Gasteiger partial charge in [-0.15, -0.1) is 0 Å². The second kappa shape index (κ2) is 5.99. The fourth-order valence-electron chi connectivity index (χ4n) is 2.12. The molecule has 0 saturated heterocycles. The Hall–Kier alpha value is -1.65. The molecular weight excluding hydrogens is 238 g/mol. The van der Waals surface area contributed by atoms with Crippen LogP contribution in [0.15, 0.2) is 30.3 Å². The fraction of sp³-hybridized carbons (Fsp3) is 0.400. The van der Waals surface area contributed by atoms with Crippen molar-refractivity contribution in [3.63, 3.8) is 0 Å². The Balaban J connectivity index is 2.34. The number of aliphatic hydroxyl groups excluding tert-OH is 1. The number of anilines is 1. The van der Waals surface area contributed by atoms with Crippen molar-refractivity contribution in [2.75, 3.05) is 18.5 Å². The van der Waals surface area contributed by atoms with E-state index < -0.39 is 0 Å². The van der Waals surface area contributed by atoms with Gasteiger partial charge in [-0.25, -0.2) is 4.98 Å². The molecule has 1 unspecified atom stereocenters. The number of aromatic nitrogens is 1. The number of fused-ring (bicyclic) bond motifs is 1. The number of nitrogens with zero attached hydrogens (tertiary/aromatic N) is 2. The molecule has 0 radical (unpaired) electrons. The monoisotopic (exact) mass is 259 g/mol. The predicted molar refractivity (Wildman–Crippen MR) is 79.2 cm³/mol. The van der Waals surface area contributed by atoms with Crippen molar-refractivity contribution in [2.45, 2.75) is 26.0 Å². The Kier molecular flexibility index (Phi) is 4.35. The highest BCUT2D eigenvalue weighted by molar-refractivity contribution is 5.81. The summed E-state index contributed by atoms with van der Waals surface area (Å²) in [6.07, 6.45) is 0.416. The number of hydrogen-bond acceptors (Lipinski definition) is 4. The summed E-state index contributed by atoms with van der Waals surface area (Å²) in [5, 5.41) is 10.5. The molecule has 0 amide bonds. The van der Waals surface area contributed by atoms with Crippen LogP contribution >= 0.6 is 0 Å². The zero-order valence-corrected chi connectivity index (χ0v) is 11.5. The lowest BCUT2D eigenvalue weighted by molar-refractivity contribution is 0.187. The molecule has 4 nitrogen and oxygen atoms in total. The van der Waals surface area contributed by atoms with Crippen molar-refractivity contribution in [2.24, 2.45) is 5.73 Å². The Labute approximate surface area is 113 Å². The normalized spacial score (nSPS) is 12.6. The molecule has 0 bridgehead atoms. The van der Waals surface area contributed by atoms with Gasteiger partial charge < -0.3 is 15.7 Å². The average molecular weight is 259 g/mol. The molecule has 1 aromatic carbocycles. The summed E-state index contributed by atoms with van der Waals surface area (Å²) >= 11 is 0. The van der Waals surface area contributed by atoms with Gasteiger partial charge in [0.2, 0.25) is 0 Å². The van der Waals surface area contributed by atoms with E-state index in [1.54, 1.807) is 6.92 Å². The minimum Gasteiger partial charge on any atom is -0.393 e. The van der Waals surface area contributed by atoms with Gasteiger partial charge in [-0.1, -0.05) is 18.2 Å². The molecule has 0 fully saturated rings. The first-order chi connectivity index (χ1) is 9.11. The van der Waals surface area contributed by atoms with E-state index in [4.69, 9.17) is 5.73 Å². The number of hydrogen-bond donors (Lipinski definition) is 2. The van der Waals surface area contributed by atoms with Crippen LogP contribution < -0.4 is 10.6 Å². The van der Waals surface area contributed by atoms with Crippen LogP contribution in [0.5, 0.6) is 0 Å². The van der Waals surface area contributed by atoms with Gasteiger partial charge in [0.05, 0.1) is 11.6 Å². The molecule has 1 heterocycles. The van der Waals surface area contributed by atoms with Crippen molar-refractivity contribution in [3.8, 4) is 0 Å². The predicted octanol–water partition coefficient (Wildman–Crippen LogP) is 1.90. The summed E-state index contributed by atoms with van der Waals surface area (Å²) in [6, 6.07) is 10.1. The number of aliphatic hydroxyl groups is 1. The molecule has 102 valence electrons. The third kappa shape index (κ3) is 3.22. The topological polar surface area (TPSA) is 62.4 Å². The van der Waals surface area contributed by atoms with Gasteiger partial charge in [-0.2, -0.15) is 0 Å². The summed E-state index contributed by atoms with van der Waals surface area (Å²) in [7, 11) is 1.98. The van der Waals surface area contributed by atoms with Crippen LogP contribution in [-0.2, 0) is 6.54 Å². The van der Waals surface area contributed by atoms with Gasteiger partial charge in [-0.05, 0) is 25.5 Å². The summed E-state index contributed by atoms with van der Waals surface area (Å²) in [5.74, 6) is 0.904. The average Bonchev–Trinajstić information content (AvgIpc) is 2.43. The van der Waals surface area contributed by atoms with E-state index in [-0.39, 0.29) is 6.10 Å². The van der Waals surface area contributed by atoms with Gasteiger partial charge in [0, 0.05) is 31.1 Å². The van der Waals surface area contributed by atoms with Gasteiger partial charge in [0.25, 0.3) is 0 Å². The number of rotatable bonds is 5. The van der Waals surface area contributed by atoms with Gasteiger partial charge in [0.15, 0.2) is 0 Å². The lowest BCUT2D eigenvalue weighted by Crippen LogP contribution is -2.24. The molecule has 0 spiro atoms. The third-order valence-corrected chi connectivity index (χ3v) is 3.24. The molecule has 0 aliphatic heterocycles. The van der Waals surface area contributed by atoms with Crippen LogP contribution in [-0.4, -0.2) is 29.8 Å². The summed E-state index contributed by atoms with van der Waals surface area (Å²) in [5.41, 5.74) is 7.82. The van der Waals surface area contributed by atoms with E-state index in [0.29, 0.717) is 6.54 Å². The highest BCUT2D eigenvalue weighted by Crippen LogP contribution is 2.22. The largest absolute Gasteiger partial charge is 0.393 e. The van der Waals surface area contributed by atoms with Crippen molar-refractivity contribution < 1.29 is 5.11 Å². The fourth-order valence-corrected chi connectivity index (χ4v) is 2.12. The molecule has 4 heteroatoms. The maximum atomic E-state index is 9.37. The minimum atomic E-state index is -0.302. The molecule has 3 N–H and O–H groups in total. The lowest BCUT2D eigenvalue weighted by atomic mass is 10.1. The first-order valence-electron chi connectivity index (χ1n) is 6.59. The highest BCUT2D eigenvalue weighted by atomic mass is 16.3. The van der Waals surface area contributed by atoms with Crippen LogP contribution in [0.25, 0.3) is 10.9 Å². The van der Waals surface area contributed by atoms with E-state index in [9.17, 15) is 5.11 Å². The zero-order valence-electron chi connectivity index (χ0n) is 11.5. The standard InChI is InChI=1S/C15H21N3O/c1-11(19)7-8-18(2)15-13(10-16)9-12-5-3-4-6-14(12)17-15/h3-6,9,11,19H,7-8,10,16H2,1-2H3. The summed E-state index contributed by atoms with van der Waals surface area (Å²) < 4.78 is 0. The van der Waals surface area contributed by atoms with E-state index in [1.807, 2.05) is 31.3 Å². The van der Waals surface area contributed by atoms with E-state index in [2.05, 4.69) is 16.0 Å². The molecule has 2 rings (SSSR count). The Morgan fingerprint density at radius 3 is 2.79 bits per heavy atom. The van der Waals surface area contributed by atoms with E-state index in [1.165, 1.54) is 0 Å². The number of pyridine rings is 1. The summed E-state index contributed by atoms with van der Waals surface area (Å²) in [6.45, 7) is 3.02. The van der Waals surface area contributed by atoms with Crippen molar-refractivity contribution in [1.82, 2.24) is 4.98 Å².